The largest absolute Gasteiger partial charge is 0.462 e. The summed E-state index contributed by atoms with van der Waals surface area (Å²) in [5.74, 6) is -0.355. The SMILES string of the molecule is C/C=C/C(=O)OCCc1ccccc1C=O. The number of benzene rings is 1. The summed E-state index contributed by atoms with van der Waals surface area (Å²) in [6, 6.07) is 7.26. The molecule has 0 aliphatic rings. The number of aldehydes is 1. The monoisotopic (exact) mass is 218 g/mol. The van der Waals surface area contributed by atoms with Crippen molar-refractivity contribution in [3.05, 3.63) is 47.5 Å². The maximum atomic E-state index is 11.0. The fourth-order valence-electron chi connectivity index (χ4n) is 1.32. The first-order valence-corrected chi connectivity index (χ1v) is 5.10. The highest BCUT2D eigenvalue weighted by Gasteiger charge is 2.01. The van der Waals surface area contributed by atoms with Crippen molar-refractivity contribution >= 4 is 12.3 Å². The molecule has 3 nitrogen and oxygen atoms in total. The van der Waals surface area contributed by atoms with Crippen LogP contribution < -0.4 is 0 Å². The highest BCUT2D eigenvalue weighted by molar-refractivity contribution is 5.81. The van der Waals surface area contributed by atoms with Crippen molar-refractivity contribution in [1.29, 1.82) is 0 Å². The molecule has 1 aromatic carbocycles. The van der Waals surface area contributed by atoms with Gasteiger partial charge in [0.1, 0.15) is 6.29 Å². The quantitative estimate of drug-likeness (QED) is 0.432. The highest BCUT2D eigenvalue weighted by atomic mass is 16.5. The number of allylic oxidation sites excluding steroid dienone is 1. The second-order valence-corrected chi connectivity index (χ2v) is 3.23. The molecule has 0 bridgehead atoms. The Morgan fingerprint density at radius 2 is 2.12 bits per heavy atom. The molecule has 0 spiro atoms. The smallest absolute Gasteiger partial charge is 0.330 e. The summed E-state index contributed by atoms with van der Waals surface area (Å²) < 4.78 is 4.94. The van der Waals surface area contributed by atoms with Crippen LogP contribution in [0.25, 0.3) is 0 Å². The van der Waals surface area contributed by atoms with E-state index in [1.54, 1.807) is 25.1 Å². The minimum Gasteiger partial charge on any atom is -0.462 e. The lowest BCUT2D eigenvalue weighted by atomic mass is 10.1. The molecule has 3 heteroatoms. The predicted octanol–water partition coefficient (Wildman–Crippen LogP) is 2.16. The van der Waals surface area contributed by atoms with Crippen molar-refractivity contribution in [3.63, 3.8) is 0 Å². The summed E-state index contributed by atoms with van der Waals surface area (Å²) in [4.78, 5) is 21.7. The zero-order valence-corrected chi connectivity index (χ0v) is 9.18. The Labute approximate surface area is 94.7 Å². The lowest BCUT2D eigenvalue weighted by Crippen LogP contribution is -2.06. The first-order valence-electron chi connectivity index (χ1n) is 5.10. The molecular weight excluding hydrogens is 204 g/mol. The van der Waals surface area contributed by atoms with Crippen LogP contribution >= 0.6 is 0 Å². The van der Waals surface area contributed by atoms with Crippen LogP contribution in [-0.4, -0.2) is 18.9 Å². The van der Waals surface area contributed by atoms with E-state index in [1.807, 2.05) is 12.1 Å². The van der Waals surface area contributed by atoms with Crippen molar-refractivity contribution in [2.24, 2.45) is 0 Å². The molecule has 0 unspecified atom stereocenters. The second kappa shape index (κ2) is 6.56. The molecule has 0 aromatic heterocycles. The number of rotatable bonds is 5. The molecule has 0 fully saturated rings. The number of carbonyl (C=O) groups is 2. The molecule has 0 radical (unpaired) electrons. The van der Waals surface area contributed by atoms with Gasteiger partial charge in [-0.25, -0.2) is 4.79 Å². The van der Waals surface area contributed by atoms with Gasteiger partial charge in [0.2, 0.25) is 0 Å². The average Bonchev–Trinajstić information content (AvgIpc) is 2.30. The fraction of sp³-hybridized carbons (Fsp3) is 0.231. The molecule has 0 heterocycles. The van der Waals surface area contributed by atoms with Gasteiger partial charge >= 0.3 is 5.97 Å². The number of ether oxygens (including phenoxy) is 1. The van der Waals surface area contributed by atoms with Gasteiger partial charge in [0.15, 0.2) is 0 Å². The Morgan fingerprint density at radius 1 is 1.38 bits per heavy atom. The van der Waals surface area contributed by atoms with Crippen LogP contribution in [0.3, 0.4) is 0 Å². The van der Waals surface area contributed by atoms with Gasteiger partial charge in [0.05, 0.1) is 6.61 Å². The molecule has 0 saturated carbocycles. The third-order valence-corrected chi connectivity index (χ3v) is 2.10. The molecular formula is C13H14O3. The van der Waals surface area contributed by atoms with Gasteiger partial charge in [-0.15, -0.1) is 0 Å². The third kappa shape index (κ3) is 3.69. The lowest BCUT2D eigenvalue weighted by Gasteiger charge is -2.04. The molecule has 0 amide bonds. The summed E-state index contributed by atoms with van der Waals surface area (Å²) in [7, 11) is 0. The maximum absolute atomic E-state index is 11.0. The molecule has 16 heavy (non-hydrogen) atoms. The first kappa shape index (κ1) is 12.2. The summed E-state index contributed by atoms with van der Waals surface area (Å²) in [5.41, 5.74) is 1.54. The van der Waals surface area contributed by atoms with Crippen molar-refractivity contribution in [1.82, 2.24) is 0 Å². The Balaban J connectivity index is 2.48. The van der Waals surface area contributed by atoms with E-state index in [-0.39, 0.29) is 12.6 Å². The predicted molar refractivity (Wildman–Crippen MR) is 61.3 cm³/mol. The van der Waals surface area contributed by atoms with Crippen LogP contribution in [0, 0.1) is 0 Å². The van der Waals surface area contributed by atoms with Crippen molar-refractivity contribution < 1.29 is 14.3 Å². The average molecular weight is 218 g/mol. The lowest BCUT2D eigenvalue weighted by molar-refractivity contribution is -0.137. The Kier molecular flexibility index (Phi) is 4.99. The van der Waals surface area contributed by atoms with Gasteiger partial charge in [-0.1, -0.05) is 30.3 Å². The van der Waals surface area contributed by atoms with Crippen LogP contribution in [0.1, 0.15) is 22.8 Å². The number of esters is 1. The standard InChI is InChI=1S/C13H14O3/c1-2-5-13(15)16-9-8-11-6-3-4-7-12(11)10-14/h2-7,10H,8-9H2,1H3/b5-2+. The topological polar surface area (TPSA) is 43.4 Å². The third-order valence-electron chi connectivity index (χ3n) is 2.10. The Morgan fingerprint density at radius 3 is 2.81 bits per heavy atom. The zero-order chi connectivity index (χ0) is 11.8. The molecule has 0 atom stereocenters. The molecule has 0 aliphatic carbocycles. The van der Waals surface area contributed by atoms with E-state index in [4.69, 9.17) is 4.74 Å². The van der Waals surface area contributed by atoms with Crippen LogP contribution in [0.4, 0.5) is 0 Å². The summed E-state index contributed by atoms with van der Waals surface area (Å²) in [6.07, 6.45) is 4.36. The number of hydrogen-bond acceptors (Lipinski definition) is 3. The number of hydrogen-bond donors (Lipinski definition) is 0. The minimum atomic E-state index is -0.355. The summed E-state index contributed by atoms with van der Waals surface area (Å²) in [6.45, 7) is 2.04. The number of carbonyl (C=O) groups excluding carboxylic acids is 2. The van der Waals surface area contributed by atoms with Gasteiger partial charge < -0.3 is 4.74 Å². The van der Waals surface area contributed by atoms with Gasteiger partial charge in [-0.3, -0.25) is 4.79 Å². The summed E-state index contributed by atoms with van der Waals surface area (Å²) in [5, 5.41) is 0. The maximum Gasteiger partial charge on any atom is 0.330 e. The molecule has 84 valence electrons. The first-order chi connectivity index (χ1) is 7.77. The van der Waals surface area contributed by atoms with Gasteiger partial charge in [0.25, 0.3) is 0 Å². The van der Waals surface area contributed by atoms with Crippen LogP contribution in [0.5, 0.6) is 0 Å². The molecule has 0 N–H and O–H groups in total. The van der Waals surface area contributed by atoms with Crippen molar-refractivity contribution in [3.8, 4) is 0 Å². The van der Waals surface area contributed by atoms with Gasteiger partial charge in [0, 0.05) is 18.1 Å². The minimum absolute atomic E-state index is 0.286. The highest BCUT2D eigenvalue weighted by Crippen LogP contribution is 2.07. The van der Waals surface area contributed by atoms with Crippen LogP contribution in [0.15, 0.2) is 36.4 Å². The second-order valence-electron chi connectivity index (χ2n) is 3.23. The molecule has 0 aliphatic heterocycles. The van der Waals surface area contributed by atoms with Crippen LogP contribution in [0.2, 0.25) is 0 Å². The van der Waals surface area contributed by atoms with E-state index in [9.17, 15) is 9.59 Å². The zero-order valence-electron chi connectivity index (χ0n) is 9.18. The van der Waals surface area contributed by atoms with Gasteiger partial charge in [-0.05, 0) is 12.5 Å². The molecule has 0 saturated heterocycles. The van der Waals surface area contributed by atoms with E-state index >= 15 is 0 Å². The van der Waals surface area contributed by atoms with Gasteiger partial charge in [-0.2, -0.15) is 0 Å². The van der Waals surface area contributed by atoms with E-state index in [1.165, 1.54) is 6.08 Å². The van der Waals surface area contributed by atoms with E-state index < -0.39 is 0 Å². The van der Waals surface area contributed by atoms with E-state index in [0.29, 0.717) is 12.0 Å². The Bertz CT molecular complexity index is 394. The molecule has 1 aromatic rings. The Hall–Kier alpha value is -1.90. The molecule has 1 rings (SSSR count). The van der Waals surface area contributed by atoms with Crippen molar-refractivity contribution in [2.45, 2.75) is 13.3 Å². The normalized spacial score (nSPS) is 10.3. The van der Waals surface area contributed by atoms with E-state index in [0.717, 1.165) is 11.8 Å². The van der Waals surface area contributed by atoms with E-state index in [2.05, 4.69) is 0 Å². The fourth-order valence-corrected chi connectivity index (χ4v) is 1.32. The summed E-state index contributed by atoms with van der Waals surface area (Å²) >= 11 is 0. The van der Waals surface area contributed by atoms with Crippen LogP contribution in [-0.2, 0) is 16.0 Å². The van der Waals surface area contributed by atoms with Crippen molar-refractivity contribution in [2.75, 3.05) is 6.61 Å².